The lowest BCUT2D eigenvalue weighted by Crippen LogP contribution is -2.62. The summed E-state index contributed by atoms with van der Waals surface area (Å²) < 4.78 is 13.3. The Balaban J connectivity index is 1.62. The van der Waals surface area contributed by atoms with Crippen LogP contribution < -0.4 is 5.32 Å². The van der Waals surface area contributed by atoms with E-state index in [1.54, 1.807) is 19.1 Å². The molecule has 0 atom stereocenters. The average Bonchev–Trinajstić information content (AvgIpc) is 2.40. The molecule has 4 nitrogen and oxygen atoms in total. The van der Waals surface area contributed by atoms with E-state index in [0.29, 0.717) is 17.2 Å². The third-order valence-corrected chi connectivity index (χ3v) is 4.28. The van der Waals surface area contributed by atoms with Crippen LogP contribution in [0.25, 0.3) is 0 Å². The molecule has 2 saturated heterocycles. The summed E-state index contributed by atoms with van der Waals surface area (Å²) in [5.74, 6) is -0.247. The van der Waals surface area contributed by atoms with Crippen LogP contribution in [0.4, 0.5) is 4.39 Å². The van der Waals surface area contributed by atoms with Crippen molar-refractivity contribution in [2.24, 2.45) is 0 Å². The van der Waals surface area contributed by atoms with Gasteiger partial charge in [-0.2, -0.15) is 0 Å². The van der Waals surface area contributed by atoms with Crippen molar-refractivity contribution < 1.29 is 9.18 Å². The lowest BCUT2D eigenvalue weighted by Gasteiger charge is -2.43. The zero-order valence-electron chi connectivity index (χ0n) is 11.7. The van der Waals surface area contributed by atoms with Crippen LogP contribution in [0.5, 0.6) is 0 Å². The predicted octanol–water partition coefficient (Wildman–Crippen LogP) is 0.864. The monoisotopic (exact) mass is 277 g/mol. The fourth-order valence-electron chi connectivity index (χ4n) is 2.78. The van der Waals surface area contributed by atoms with Crippen LogP contribution in [0.15, 0.2) is 18.2 Å². The Hall–Kier alpha value is -1.46. The second-order valence-corrected chi connectivity index (χ2v) is 5.60. The second kappa shape index (κ2) is 5.50. The van der Waals surface area contributed by atoms with Crippen LogP contribution in [0.1, 0.15) is 15.9 Å². The molecule has 0 spiro atoms. The molecule has 108 valence electrons. The number of carbonyl (C=O) groups is 1. The first-order valence-electron chi connectivity index (χ1n) is 7.15. The van der Waals surface area contributed by atoms with E-state index in [1.165, 1.54) is 6.07 Å². The number of hydrogen-bond donors (Lipinski definition) is 1. The highest BCUT2D eigenvalue weighted by atomic mass is 19.1. The van der Waals surface area contributed by atoms with E-state index in [4.69, 9.17) is 0 Å². The Morgan fingerprint density at radius 2 is 1.95 bits per heavy atom. The van der Waals surface area contributed by atoms with Gasteiger partial charge in [-0.1, -0.05) is 0 Å². The maximum atomic E-state index is 13.3. The number of hydrogen-bond acceptors (Lipinski definition) is 3. The number of benzene rings is 1. The van der Waals surface area contributed by atoms with Crippen LogP contribution in [0.2, 0.25) is 0 Å². The van der Waals surface area contributed by atoms with Crippen LogP contribution >= 0.6 is 0 Å². The van der Waals surface area contributed by atoms with Crippen LogP contribution in [-0.2, 0) is 0 Å². The quantitative estimate of drug-likeness (QED) is 0.871. The molecule has 5 heteroatoms. The molecule has 0 saturated carbocycles. The van der Waals surface area contributed by atoms with E-state index in [0.717, 1.165) is 39.3 Å². The van der Waals surface area contributed by atoms with E-state index in [1.807, 2.05) is 4.90 Å². The molecule has 0 unspecified atom stereocenters. The standard InChI is InChI=1S/C15H20FN3O/c1-11-8-12(2-3-14(11)16)15(20)19-6-4-18(5-7-19)13-9-17-10-13/h2-3,8,13,17H,4-7,9-10H2,1H3. The predicted molar refractivity (Wildman–Crippen MR) is 75.3 cm³/mol. The number of piperazine rings is 1. The lowest BCUT2D eigenvalue weighted by molar-refractivity contribution is 0.0502. The van der Waals surface area contributed by atoms with Gasteiger partial charge in [0.25, 0.3) is 5.91 Å². The Bertz CT molecular complexity index is 508. The van der Waals surface area contributed by atoms with Gasteiger partial charge in [0, 0.05) is 50.9 Å². The molecule has 0 aromatic heterocycles. The molecule has 1 aromatic rings. The first-order chi connectivity index (χ1) is 9.65. The Kier molecular flexibility index (Phi) is 3.72. The molecule has 1 N–H and O–H groups in total. The lowest BCUT2D eigenvalue weighted by atomic mass is 10.1. The highest BCUT2D eigenvalue weighted by Gasteiger charge is 2.29. The molecule has 2 aliphatic rings. The van der Waals surface area contributed by atoms with Gasteiger partial charge in [0.2, 0.25) is 0 Å². The third kappa shape index (κ3) is 2.55. The summed E-state index contributed by atoms with van der Waals surface area (Å²) in [5, 5.41) is 3.27. The number of halogens is 1. The largest absolute Gasteiger partial charge is 0.336 e. The number of rotatable bonds is 2. The van der Waals surface area contributed by atoms with Crippen molar-refractivity contribution in [2.75, 3.05) is 39.3 Å². The van der Waals surface area contributed by atoms with Crippen molar-refractivity contribution >= 4 is 5.91 Å². The van der Waals surface area contributed by atoms with Gasteiger partial charge in [-0.25, -0.2) is 4.39 Å². The zero-order valence-corrected chi connectivity index (χ0v) is 11.7. The van der Waals surface area contributed by atoms with Gasteiger partial charge in [0.1, 0.15) is 5.82 Å². The van der Waals surface area contributed by atoms with Crippen LogP contribution in [-0.4, -0.2) is 61.0 Å². The van der Waals surface area contributed by atoms with Gasteiger partial charge in [-0.15, -0.1) is 0 Å². The molecule has 1 amide bonds. The summed E-state index contributed by atoms with van der Waals surface area (Å²) >= 11 is 0. The molecule has 2 fully saturated rings. The molecule has 1 aromatic carbocycles. The summed E-state index contributed by atoms with van der Waals surface area (Å²) in [4.78, 5) is 16.7. The molecule has 20 heavy (non-hydrogen) atoms. The minimum atomic E-state index is -0.260. The summed E-state index contributed by atoms with van der Waals surface area (Å²) in [6.45, 7) is 7.18. The fourth-order valence-corrected chi connectivity index (χ4v) is 2.78. The summed E-state index contributed by atoms with van der Waals surface area (Å²) in [5.41, 5.74) is 1.11. The molecule has 0 radical (unpaired) electrons. The maximum absolute atomic E-state index is 13.3. The molecule has 2 aliphatic heterocycles. The van der Waals surface area contributed by atoms with E-state index in [9.17, 15) is 9.18 Å². The minimum Gasteiger partial charge on any atom is -0.336 e. The van der Waals surface area contributed by atoms with Gasteiger partial charge in [-0.3, -0.25) is 9.69 Å². The van der Waals surface area contributed by atoms with Crippen LogP contribution in [0.3, 0.4) is 0 Å². The highest BCUT2D eigenvalue weighted by molar-refractivity contribution is 5.94. The van der Waals surface area contributed by atoms with Gasteiger partial charge in [0.05, 0.1) is 0 Å². The fraction of sp³-hybridized carbons (Fsp3) is 0.533. The molecule has 0 bridgehead atoms. The number of nitrogens with one attached hydrogen (secondary N) is 1. The second-order valence-electron chi connectivity index (χ2n) is 5.60. The topological polar surface area (TPSA) is 35.6 Å². The summed E-state index contributed by atoms with van der Waals surface area (Å²) in [7, 11) is 0. The Morgan fingerprint density at radius 3 is 2.50 bits per heavy atom. The maximum Gasteiger partial charge on any atom is 0.253 e. The normalized spacial score (nSPS) is 20.8. The van der Waals surface area contributed by atoms with Gasteiger partial charge in [0.15, 0.2) is 0 Å². The Labute approximate surface area is 118 Å². The molecule has 2 heterocycles. The molecular weight excluding hydrogens is 257 g/mol. The minimum absolute atomic E-state index is 0.0134. The smallest absolute Gasteiger partial charge is 0.253 e. The highest BCUT2D eigenvalue weighted by Crippen LogP contribution is 2.15. The van der Waals surface area contributed by atoms with Gasteiger partial charge in [-0.05, 0) is 30.7 Å². The van der Waals surface area contributed by atoms with Crippen molar-refractivity contribution in [1.82, 2.24) is 15.1 Å². The average molecular weight is 277 g/mol. The SMILES string of the molecule is Cc1cc(C(=O)N2CCN(C3CNC3)CC2)ccc1F. The van der Waals surface area contributed by atoms with Gasteiger partial charge >= 0.3 is 0 Å². The van der Waals surface area contributed by atoms with Gasteiger partial charge < -0.3 is 10.2 Å². The van der Waals surface area contributed by atoms with E-state index in [2.05, 4.69) is 10.2 Å². The summed E-state index contributed by atoms with van der Waals surface area (Å²) in [6.07, 6.45) is 0. The van der Waals surface area contributed by atoms with E-state index >= 15 is 0 Å². The van der Waals surface area contributed by atoms with E-state index in [-0.39, 0.29) is 11.7 Å². The molecule has 3 rings (SSSR count). The molecular formula is C15H20FN3O. The van der Waals surface area contributed by atoms with Crippen molar-refractivity contribution in [1.29, 1.82) is 0 Å². The van der Waals surface area contributed by atoms with Crippen molar-refractivity contribution in [3.05, 3.63) is 35.1 Å². The number of carbonyl (C=O) groups excluding carboxylic acids is 1. The molecule has 0 aliphatic carbocycles. The third-order valence-electron chi connectivity index (χ3n) is 4.28. The van der Waals surface area contributed by atoms with Crippen LogP contribution in [0, 0.1) is 12.7 Å². The number of amides is 1. The number of nitrogens with zero attached hydrogens (tertiary/aromatic N) is 2. The van der Waals surface area contributed by atoms with Crippen molar-refractivity contribution in [2.45, 2.75) is 13.0 Å². The van der Waals surface area contributed by atoms with E-state index < -0.39 is 0 Å². The first-order valence-corrected chi connectivity index (χ1v) is 7.15. The van der Waals surface area contributed by atoms with Crippen molar-refractivity contribution in [3.8, 4) is 0 Å². The number of aryl methyl sites for hydroxylation is 1. The first kappa shape index (κ1) is 13.5. The van der Waals surface area contributed by atoms with Crippen molar-refractivity contribution in [3.63, 3.8) is 0 Å². The Morgan fingerprint density at radius 1 is 1.25 bits per heavy atom. The zero-order chi connectivity index (χ0) is 14.1. The summed E-state index contributed by atoms with van der Waals surface area (Å²) in [6, 6.07) is 5.23.